The number of amides is 1. The van der Waals surface area contributed by atoms with Gasteiger partial charge in [0.1, 0.15) is 0 Å². The van der Waals surface area contributed by atoms with E-state index in [4.69, 9.17) is 29.8 Å². The van der Waals surface area contributed by atoms with Crippen LogP contribution in [0, 0.1) is 11.8 Å². The molecule has 7 nitrogen and oxygen atoms in total. The summed E-state index contributed by atoms with van der Waals surface area (Å²) in [6.45, 7) is -0.236. The number of carbonyl (C=O) groups is 1. The number of halogens is 2. The maximum absolute atomic E-state index is 12.2. The minimum atomic E-state index is -3.65. The van der Waals surface area contributed by atoms with Crippen molar-refractivity contribution in [2.45, 2.75) is 122 Å². The van der Waals surface area contributed by atoms with Gasteiger partial charge in [0.05, 0.1) is 32.0 Å². The highest BCUT2D eigenvalue weighted by atomic mass is 79.9. The van der Waals surface area contributed by atoms with Gasteiger partial charge < -0.3 is 14.8 Å². The van der Waals surface area contributed by atoms with Crippen molar-refractivity contribution in [2.75, 3.05) is 31.7 Å². The maximum Gasteiger partial charge on any atom is 0.424 e. The average molecular weight is 657 g/mol. The number of alkyl carbamates (subject to hydrolysis) is 1. The molecule has 0 aliphatic carbocycles. The zero-order valence-corrected chi connectivity index (χ0v) is 27.2. The standard InChI is InChI=1S/C29H52BrClNO6P/c1-2-3-4-5-6-7-8-9-10-11-12-13-14-15-16-17-21-32-29(33)35-23-25-26(28-19-18-27(25)38-28)24-37-39(31,34)36-22-20-30/h18-19,25-28H,2-17,20-24H2,1H3,(H,32,33)/t25-,26+,27-,28+,39?/m1/s1. The number of carbonyl (C=O) groups excluding carboxylic acids is 1. The lowest BCUT2D eigenvalue weighted by molar-refractivity contribution is 0.0831. The Balaban J connectivity index is 1.42. The first-order valence-electron chi connectivity index (χ1n) is 15.4. The summed E-state index contributed by atoms with van der Waals surface area (Å²) in [6.07, 6.45) is 24.4. The lowest BCUT2D eigenvalue weighted by Gasteiger charge is -2.25. The van der Waals surface area contributed by atoms with Gasteiger partial charge in [0.15, 0.2) is 0 Å². The van der Waals surface area contributed by atoms with Gasteiger partial charge >= 0.3 is 13.0 Å². The normalized spacial score (nSPS) is 23.3. The van der Waals surface area contributed by atoms with E-state index in [2.05, 4.69) is 28.2 Å². The molecule has 2 heterocycles. The highest BCUT2D eigenvalue weighted by Gasteiger charge is 2.47. The summed E-state index contributed by atoms with van der Waals surface area (Å²) in [7, 11) is 0. The van der Waals surface area contributed by atoms with Gasteiger partial charge in [0.2, 0.25) is 0 Å². The molecule has 0 aromatic rings. The van der Waals surface area contributed by atoms with Crippen molar-refractivity contribution in [1.29, 1.82) is 0 Å². The largest absolute Gasteiger partial charge is 0.449 e. The number of unbranched alkanes of at least 4 members (excludes halogenated alkanes) is 15. The number of nitrogens with one attached hydrogen (secondary N) is 1. The van der Waals surface area contributed by atoms with Crippen LogP contribution in [-0.4, -0.2) is 50.0 Å². The molecule has 1 fully saturated rings. The van der Waals surface area contributed by atoms with Crippen molar-refractivity contribution in [2.24, 2.45) is 11.8 Å². The molecule has 0 aromatic carbocycles. The zero-order chi connectivity index (χ0) is 28.2. The summed E-state index contributed by atoms with van der Waals surface area (Å²) < 4.78 is 34.0. The molecule has 1 amide bonds. The zero-order valence-electron chi connectivity index (χ0n) is 24.0. The summed E-state index contributed by atoms with van der Waals surface area (Å²) in [6, 6.07) is 0. The lowest BCUT2D eigenvalue weighted by atomic mass is 9.84. The van der Waals surface area contributed by atoms with Crippen LogP contribution in [0.25, 0.3) is 0 Å². The number of alkyl halides is 1. The monoisotopic (exact) mass is 655 g/mol. The minimum Gasteiger partial charge on any atom is -0.449 e. The molecule has 0 spiro atoms. The third kappa shape index (κ3) is 15.6. The topological polar surface area (TPSA) is 83.1 Å². The molecule has 228 valence electrons. The Kier molecular flexibility index (Phi) is 19.4. The Hall–Kier alpha value is -0.110. The van der Waals surface area contributed by atoms with Gasteiger partial charge in [-0.05, 0) is 6.42 Å². The summed E-state index contributed by atoms with van der Waals surface area (Å²) in [5.41, 5.74) is 0. The van der Waals surface area contributed by atoms with E-state index >= 15 is 0 Å². The third-order valence-corrected chi connectivity index (χ3v) is 9.51. The van der Waals surface area contributed by atoms with E-state index in [1.165, 1.54) is 89.9 Å². The van der Waals surface area contributed by atoms with Gasteiger partial charge in [-0.3, -0.25) is 9.05 Å². The second-order valence-electron chi connectivity index (χ2n) is 10.9. The van der Waals surface area contributed by atoms with Crippen LogP contribution >= 0.6 is 34.1 Å². The summed E-state index contributed by atoms with van der Waals surface area (Å²) in [4.78, 5) is 12.2. The quantitative estimate of drug-likeness (QED) is 0.0456. The number of ether oxygens (including phenoxy) is 2. The van der Waals surface area contributed by atoms with Gasteiger partial charge in [-0.2, -0.15) is 0 Å². The lowest BCUT2D eigenvalue weighted by Crippen LogP contribution is -2.34. The summed E-state index contributed by atoms with van der Waals surface area (Å²) in [5, 5.41) is 3.37. The number of hydrogen-bond donors (Lipinski definition) is 1. The van der Waals surface area contributed by atoms with Crippen molar-refractivity contribution in [1.82, 2.24) is 5.32 Å². The minimum absolute atomic E-state index is 0.0749. The molecule has 39 heavy (non-hydrogen) atoms. The molecule has 2 aliphatic heterocycles. The fraction of sp³-hybridized carbons (Fsp3) is 0.897. The average Bonchev–Trinajstić information content (AvgIpc) is 3.53. The Morgan fingerprint density at radius 3 is 1.82 bits per heavy atom. The van der Waals surface area contributed by atoms with Crippen molar-refractivity contribution in [3.05, 3.63) is 12.2 Å². The molecular weight excluding hydrogens is 605 g/mol. The highest BCUT2D eigenvalue weighted by molar-refractivity contribution is 9.09. The summed E-state index contributed by atoms with van der Waals surface area (Å²) >= 11 is 9.07. The SMILES string of the molecule is CCCCCCCCCCCCCCCCCCNC(=O)OC[C@@H]1[C@H](COP(=O)(Cl)OCCBr)[C@@H]2C=C[C@H]1O2. The van der Waals surface area contributed by atoms with Crippen LogP contribution in [0.1, 0.15) is 110 Å². The number of fused-ring (bicyclic) bond motifs is 2. The fourth-order valence-electron chi connectivity index (χ4n) is 5.34. The second kappa shape index (κ2) is 21.6. The Labute approximate surface area is 250 Å². The molecule has 2 bridgehead atoms. The first-order chi connectivity index (χ1) is 19.0. The Morgan fingerprint density at radius 2 is 1.31 bits per heavy atom. The molecule has 1 unspecified atom stereocenters. The van der Waals surface area contributed by atoms with E-state index in [0.29, 0.717) is 11.9 Å². The predicted octanol–water partition coefficient (Wildman–Crippen LogP) is 9.32. The van der Waals surface area contributed by atoms with Crippen LogP contribution in [0.5, 0.6) is 0 Å². The van der Waals surface area contributed by atoms with Gasteiger partial charge in [0, 0.05) is 35.0 Å². The predicted molar refractivity (Wildman–Crippen MR) is 163 cm³/mol. The molecule has 1 N–H and O–H groups in total. The molecule has 10 heteroatoms. The first-order valence-corrected chi connectivity index (χ1v) is 18.9. The molecule has 0 aromatic heterocycles. The van der Waals surface area contributed by atoms with E-state index in [0.717, 1.165) is 12.8 Å². The van der Waals surface area contributed by atoms with Gasteiger partial charge in [-0.1, -0.05) is 131 Å². The molecule has 2 aliphatic rings. The molecular formula is C29H52BrClNO6P. The van der Waals surface area contributed by atoms with Crippen LogP contribution in [0.15, 0.2) is 12.2 Å². The smallest absolute Gasteiger partial charge is 0.424 e. The van der Waals surface area contributed by atoms with Crippen LogP contribution in [0.2, 0.25) is 0 Å². The number of rotatable bonds is 25. The van der Waals surface area contributed by atoms with Crippen molar-refractivity contribution in [3.8, 4) is 0 Å². The van der Waals surface area contributed by atoms with Crippen molar-refractivity contribution in [3.63, 3.8) is 0 Å². The maximum atomic E-state index is 12.2. The highest BCUT2D eigenvalue weighted by Crippen LogP contribution is 2.55. The van der Waals surface area contributed by atoms with Gasteiger partial charge in [0.25, 0.3) is 0 Å². The van der Waals surface area contributed by atoms with Gasteiger partial charge in [-0.25, -0.2) is 9.36 Å². The Morgan fingerprint density at radius 1 is 0.821 bits per heavy atom. The van der Waals surface area contributed by atoms with Crippen LogP contribution in [0.4, 0.5) is 4.79 Å². The molecule has 1 saturated heterocycles. The van der Waals surface area contributed by atoms with E-state index < -0.39 is 13.0 Å². The fourth-order valence-corrected chi connectivity index (χ4v) is 6.87. The van der Waals surface area contributed by atoms with Crippen LogP contribution in [-0.2, 0) is 23.1 Å². The molecule has 0 radical (unpaired) electrons. The van der Waals surface area contributed by atoms with E-state index in [9.17, 15) is 9.36 Å². The first kappa shape index (κ1) is 35.1. The second-order valence-corrected chi connectivity index (χ2v) is 14.3. The van der Waals surface area contributed by atoms with Crippen LogP contribution < -0.4 is 5.32 Å². The molecule has 0 saturated carbocycles. The van der Waals surface area contributed by atoms with Crippen molar-refractivity contribution < 1.29 is 27.9 Å². The number of hydrogen-bond acceptors (Lipinski definition) is 6. The Bertz CT molecular complexity index is 730. The van der Waals surface area contributed by atoms with Gasteiger partial charge in [-0.15, -0.1) is 0 Å². The van der Waals surface area contributed by atoms with Crippen molar-refractivity contribution >= 4 is 40.2 Å². The van der Waals surface area contributed by atoms with E-state index in [1.54, 1.807) is 0 Å². The summed E-state index contributed by atoms with van der Waals surface area (Å²) in [5.74, 6) is -0.179. The van der Waals surface area contributed by atoms with Crippen LogP contribution in [0.3, 0.4) is 0 Å². The third-order valence-electron chi connectivity index (χ3n) is 7.65. The van der Waals surface area contributed by atoms with E-state index in [1.807, 2.05) is 12.2 Å². The van der Waals surface area contributed by atoms with E-state index in [-0.39, 0.29) is 43.9 Å². The molecule has 2 rings (SSSR count). The molecule has 5 atom stereocenters.